The zero-order valence-corrected chi connectivity index (χ0v) is 15.7. The molecule has 4 rings (SSSR count). The van der Waals surface area contributed by atoms with Gasteiger partial charge in [-0.3, -0.25) is 0 Å². The Morgan fingerprint density at radius 2 is 1.75 bits per heavy atom. The minimum Gasteiger partial charge on any atom is -0.393 e. The zero-order chi connectivity index (χ0) is 17.3. The van der Waals surface area contributed by atoms with E-state index >= 15 is 0 Å². The molecule has 4 saturated carbocycles. The van der Waals surface area contributed by atoms with Gasteiger partial charge in [-0.2, -0.15) is 0 Å². The van der Waals surface area contributed by atoms with Crippen LogP contribution in [0.15, 0.2) is 0 Å². The topological polar surface area (TPSA) is 66.5 Å². The van der Waals surface area contributed by atoms with E-state index in [1.807, 2.05) is 0 Å². The third kappa shape index (κ3) is 2.27. The smallest absolute Gasteiger partial charge is 0.0581 e. The van der Waals surface area contributed by atoms with Crippen molar-refractivity contribution in [2.45, 2.75) is 90.4 Å². The fourth-order valence-corrected chi connectivity index (χ4v) is 8.26. The monoisotopic (exact) mass is 335 g/mol. The first-order valence-electron chi connectivity index (χ1n) is 10.4. The molecule has 0 aliphatic heterocycles. The van der Waals surface area contributed by atoms with Crippen molar-refractivity contribution < 1.29 is 10.2 Å². The first kappa shape index (κ1) is 17.3. The molecule has 6 unspecified atom stereocenters. The predicted molar refractivity (Wildman–Crippen MR) is 96.3 cm³/mol. The summed E-state index contributed by atoms with van der Waals surface area (Å²) in [6.45, 7) is 7.03. The van der Waals surface area contributed by atoms with Gasteiger partial charge in [-0.25, -0.2) is 0 Å². The van der Waals surface area contributed by atoms with E-state index in [9.17, 15) is 10.2 Å². The van der Waals surface area contributed by atoms with Crippen LogP contribution in [-0.4, -0.2) is 28.5 Å². The fourth-order valence-electron chi connectivity index (χ4n) is 8.26. The summed E-state index contributed by atoms with van der Waals surface area (Å²) in [5, 5.41) is 21.4. The van der Waals surface area contributed by atoms with E-state index in [0.717, 1.165) is 31.6 Å². The van der Waals surface area contributed by atoms with Gasteiger partial charge >= 0.3 is 0 Å². The molecule has 0 radical (unpaired) electrons. The zero-order valence-electron chi connectivity index (χ0n) is 15.7. The second-order valence-electron chi connectivity index (χ2n) is 10.3. The van der Waals surface area contributed by atoms with Gasteiger partial charge in [0.15, 0.2) is 0 Å². The molecule has 4 fully saturated rings. The highest BCUT2D eigenvalue weighted by Crippen LogP contribution is 2.67. The third-order valence-electron chi connectivity index (χ3n) is 9.27. The highest BCUT2D eigenvalue weighted by atomic mass is 16.3. The maximum atomic E-state index is 11.3. The molecule has 4 aliphatic carbocycles. The van der Waals surface area contributed by atoms with Crippen LogP contribution in [-0.2, 0) is 0 Å². The van der Waals surface area contributed by atoms with Gasteiger partial charge in [0.2, 0.25) is 0 Å². The Morgan fingerprint density at radius 3 is 2.46 bits per heavy atom. The lowest BCUT2D eigenvalue weighted by atomic mass is 9.43. The Hall–Kier alpha value is -0.120. The Kier molecular flexibility index (Phi) is 4.10. The van der Waals surface area contributed by atoms with Gasteiger partial charge in [0.25, 0.3) is 0 Å². The van der Waals surface area contributed by atoms with Crippen LogP contribution >= 0.6 is 0 Å². The van der Waals surface area contributed by atoms with Crippen molar-refractivity contribution in [1.82, 2.24) is 0 Å². The number of rotatable bonds is 1. The molecular formula is C21H37NO2. The summed E-state index contributed by atoms with van der Waals surface area (Å²) in [6.07, 6.45) is 8.67. The summed E-state index contributed by atoms with van der Waals surface area (Å²) < 4.78 is 0. The molecule has 4 aliphatic rings. The van der Waals surface area contributed by atoms with Gasteiger partial charge < -0.3 is 15.9 Å². The van der Waals surface area contributed by atoms with Crippen molar-refractivity contribution in [3.63, 3.8) is 0 Å². The Labute approximate surface area is 147 Å². The van der Waals surface area contributed by atoms with Gasteiger partial charge in [-0.1, -0.05) is 13.8 Å². The SMILES string of the molecule is CC(N)C1CCC2C3CCC4C[C@@H](O)CC[C@]4(C)C3[C@@H](O)C[C@]12C. The quantitative estimate of drug-likeness (QED) is 0.688. The van der Waals surface area contributed by atoms with Crippen LogP contribution in [0.3, 0.4) is 0 Å². The molecule has 0 aromatic rings. The normalized spacial score (nSPS) is 58.5. The summed E-state index contributed by atoms with van der Waals surface area (Å²) >= 11 is 0. The fraction of sp³-hybridized carbons (Fsp3) is 1.00. The minimum atomic E-state index is -0.182. The van der Waals surface area contributed by atoms with Gasteiger partial charge in [-0.15, -0.1) is 0 Å². The molecule has 3 heteroatoms. The lowest BCUT2D eigenvalue weighted by molar-refractivity contribution is -0.178. The van der Waals surface area contributed by atoms with Crippen LogP contribution in [0.4, 0.5) is 0 Å². The van der Waals surface area contributed by atoms with Gasteiger partial charge in [0, 0.05) is 6.04 Å². The maximum Gasteiger partial charge on any atom is 0.0581 e. The summed E-state index contributed by atoms with van der Waals surface area (Å²) in [6, 6.07) is 0.237. The Morgan fingerprint density at radius 1 is 1.00 bits per heavy atom. The van der Waals surface area contributed by atoms with E-state index in [1.54, 1.807) is 0 Å². The van der Waals surface area contributed by atoms with Crippen molar-refractivity contribution in [3.05, 3.63) is 0 Å². The largest absolute Gasteiger partial charge is 0.393 e. The first-order chi connectivity index (χ1) is 11.3. The molecule has 24 heavy (non-hydrogen) atoms. The van der Waals surface area contributed by atoms with Crippen molar-refractivity contribution in [1.29, 1.82) is 0 Å². The molecule has 0 aromatic heterocycles. The van der Waals surface area contributed by atoms with Crippen molar-refractivity contribution >= 4 is 0 Å². The number of aliphatic hydroxyl groups excluding tert-OH is 2. The molecule has 0 aromatic carbocycles. The van der Waals surface area contributed by atoms with Crippen LogP contribution < -0.4 is 5.73 Å². The second-order valence-corrected chi connectivity index (χ2v) is 10.3. The Balaban J connectivity index is 1.66. The Bertz CT molecular complexity index is 494. The predicted octanol–water partition coefficient (Wildman–Crippen LogP) is 3.32. The molecular weight excluding hydrogens is 298 g/mol. The number of hydrogen-bond acceptors (Lipinski definition) is 3. The van der Waals surface area contributed by atoms with Gasteiger partial charge in [0.05, 0.1) is 12.2 Å². The van der Waals surface area contributed by atoms with Gasteiger partial charge in [0.1, 0.15) is 0 Å². The number of nitrogens with two attached hydrogens (primary N) is 1. The summed E-state index contributed by atoms with van der Waals surface area (Å²) in [5.74, 6) is 3.02. The van der Waals surface area contributed by atoms with E-state index in [4.69, 9.17) is 5.73 Å². The van der Waals surface area contributed by atoms with E-state index in [0.29, 0.717) is 23.7 Å². The van der Waals surface area contributed by atoms with Crippen LogP contribution in [0.25, 0.3) is 0 Å². The lowest BCUT2D eigenvalue weighted by Crippen LogP contribution is -2.59. The molecule has 10 atom stereocenters. The number of aliphatic hydroxyl groups is 2. The van der Waals surface area contributed by atoms with E-state index in [1.165, 1.54) is 25.7 Å². The molecule has 0 bridgehead atoms. The van der Waals surface area contributed by atoms with Crippen LogP contribution in [0.1, 0.15) is 72.1 Å². The molecule has 0 heterocycles. The number of hydrogen-bond donors (Lipinski definition) is 3. The minimum absolute atomic E-state index is 0.112. The standard InChI is InChI=1S/C21H37NO2/c1-12(22)16-6-7-17-15-5-4-13-10-14(23)8-9-20(13,2)19(15)18(24)11-21(16,17)3/h12-19,23-24H,4-11,22H2,1-3H3/t12?,13?,14-,15?,16?,17?,18-,19?,20-,21+/m0/s1. The molecule has 3 nitrogen and oxygen atoms in total. The maximum absolute atomic E-state index is 11.3. The molecule has 0 spiro atoms. The average molecular weight is 336 g/mol. The van der Waals surface area contributed by atoms with Gasteiger partial charge in [-0.05, 0) is 98.7 Å². The molecule has 0 amide bonds. The lowest BCUT2D eigenvalue weighted by Gasteiger charge is -2.62. The first-order valence-corrected chi connectivity index (χ1v) is 10.4. The van der Waals surface area contributed by atoms with Crippen molar-refractivity contribution in [2.75, 3.05) is 0 Å². The summed E-state index contributed by atoms with van der Waals surface area (Å²) in [7, 11) is 0. The van der Waals surface area contributed by atoms with E-state index in [-0.39, 0.29) is 29.1 Å². The molecule has 0 saturated heterocycles. The van der Waals surface area contributed by atoms with Crippen LogP contribution in [0.5, 0.6) is 0 Å². The van der Waals surface area contributed by atoms with Crippen molar-refractivity contribution in [3.8, 4) is 0 Å². The van der Waals surface area contributed by atoms with Crippen LogP contribution in [0, 0.1) is 40.4 Å². The second kappa shape index (κ2) is 5.69. The highest BCUT2D eigenvalue weighted by molar-refractivity contribution is 5.12. The highest BCUT2D eigenvalue weighted by Gasteiger charge is 2.63. The summed E-state index contributed by atoms with van der Waals surface area (Å²) in [5.41, 5.74) is 6.80. The molecule has 138 valence electrons. The van der Waals surface area contributed by atoms with E-state index < -0.39 is 0 Å². The summed E-state index contributed by atoms with van der Waals surface area (Å²) in [4.78, 5) is 0. The number of fused-ring (bicyclic) bond motifs is 5. The average Bonchev–Trinajstić information content (AvgIpc) is 2.84. The third-order valence-corrected chi connectivity index (χ3v) is 9.27. The molecule has 4 N–H and O–H groups in total. The van der Waals surface area contributed by atoms with Crippen LogP contribution in [0.2, 0.25) is 0 Å². The van der Waals surface area contributed by atoms with Crippen molar-refractivity contribution in [2.24, 2.45) is 46.2 Å². The van der Waals surface area contributed by atoms with E-state index in [2.05, 4.69) is 20.8 Å².